The lowest BCUT2D eigenvalue weighted by molar-refractivity contribution is 0.156. The van der Waals surface area contributed by atoms with Gasteiger partial charge in [0.15, 0.2) is 11.6 Å². The van der Waals surface area contributed by atoms with Crippen molar-refractivity contribution in [1.29, 1.82) is 0 Å². The second-order valence-corrected chi connectivity index (χ2v) is 11.9. The molecule has 0 amide bonds. The number of benzene rings is 1. The predicted molar refractivity (Wildman–Crippen MR) is 140 cm³/mol. The van der Waals surface area contributed by atoms with Crippen LogP contribution in [0.3, 0.4) is 0 Å². The number of hydrogen-bond acceptors (Lipinski definition) is 0. The van der Waals surface area contributed by atoms with Crippen LogP contribution in [-0.4, -0.2) is 0 Å². The summed E-state index contributed by atoms with van der Waals surface area (Å²) in [6, 6.07) is 3.83. The van der Waals surface area contributed by atoms with Gasteiger partial charge in [0, 0.05) is 5.92 Å². The summed E-state index contributed by atoms with van der Waals surface area (Å²) in [6.07, 6.45) is 24.3. The molecule has 4 rings (SSSR count). The van der Waals surface area contributed by atoms with Gasteiger partial charge < -0.3 is 0 Å². The number of halogens is 2. The third kappa shape index (κ3) is 6.33. The van der Waals surface area contributed by atoms with Crippen molar-refractivity contribution in [2.45, 2.75) is 128 Å². The van der Waals surface area contributed by atoms with Crippen LogP contribution in [0.15, 0.2) is 24.3 Å². The van der Waals surface area contributed by atoms with Crippen LogP contribution in [0.4, 0.5) is 8.78 Å². The average Bonchev–Trinajstić information content (AvgIpc) is 2.87. The van der Waals surface area contributed by atoms with Crippen molar-refractivity contribution in [2.24, 2.45) is 23.7 Å². The molecule has 0 spiro atoms. The van der Waals surface area contributed by atoms with Gasteiger partial charge in [0.05, 0.1) is 0 Å². The van der Waals surface area contributed by atoms with Gasteiger partial charge in [-0.2, -0.15) is 0 Å². The van der Waals surface area contributed by atoms with Gasteiger partial charge in [-0.25, -0.2) is 8.78 Å². The molecule has 0 aliphatic heterocycles. The number of allylic oxidation sites excluding steroid dienone is 2. The average molecular weight is 471 g/mol. The highest BCUT2D eigenvalue weighted by Gasteiger charge is 2.33. The largest absolute Gasteiger partial charge is 0.203 e. The molecular formula is C32H48F2. The van der Waals surface area contributed by atoms with E-state index in [2.05, 4.69) is 26.0 Å². The zero-order valence-electron chi connectivity index (χ0n) is 21.8. The fraction of sp³-hybridized carbons (Fsp3) is 0.750. The third-order valence-electron chi connectivity index (χ3n) is 9.65. The van der Waals surface area contributed by atoms with Crippen molar-refractivity contribution < 1.29 is 8.78 Å². The topological polar surface area (TPSA) is 0 Å². The summed E-state index contributed by atoms with van der Waals surface area (Å²) in [6.45, 7) is 4.54. The summed E-state index contributed by atoms with van der Waals surface area (Å²) in [5, 5.41) is 0. The van der Waals surface area contributed by atoms with Crippen LogP contribution in [0.25, 0.3) is 0 Å². The first-order chi connectivity index (χ1) is 16.6. The lowest BCUT2D eigenvalue weighted by Crippen LogP contribution is -2.25. The molecule has 2 unspecified atom stereocenters. The highest BCUT2D eigenvalue weighted by Crippen LogP contribution is 2.45. The summed E-state index contributed by atoms with van der Waals surface area (Å²) in [5.74, 6) is 2.36. The first-order valence-electron chi connectivity index (χ1n) is 14.8. The van der Waals surface area contributed by atoms with E-state index < -0.39 is 11.6 Å². The second kappa shape index (κ2) is 12.7. The minimum Gasteiger partial charge on any atom is -0.203 e. The SMILES string of the molecule is CCCCCC1C=CC(c2ccc(C3CCC(C4CCC(CCC)CC4)CC3)c(F)c2F)CC1. The predicted octanol–water partition coefficient (Wildman–Crippen LogP) is 10.5. The smallest absolute Gasteiger partial charge is 0.162 e. The van der Waals surface area contributed by atoms with Gasteiger partial charge in [0.25, 0.3) is 0 Å². The van der Waals surface area contributed by atoms with Gasteiger partial charge in [0.2, 0.25) is 0 Å². The number of hydrogen-bond donors (Lipinski definition) is 0. The molecule has 2 saturated carbocycles. The van der Waals surface area contributed by atoms with E-state index in [0.717, 1.165) is 43.4 Å². The molecular weight excluding hydrogens is 422 g/mol. The maximum absolute atomic E-state index is 15.3. The fourth-order valence-corrected chi connectivity index (χ4v) is 7.47. The molecule has 0 saturated heterocycles. The van der Waals surface area contributed by atoms with E-state index in [9.17, 15) is 0 Å². The molecule has 3 aliphatic carbocycles. The minimum absolute atomic E-state index is 0.0320. The van der Waals surface area contributed by atoms with Gasteiger partial charge in [0.1, 0.15) is 0 Å². The van der Waals surface area contributed by atoms with E-state index in [1.165, 1.54) is 77.0 Å². The van der Waals surface area contributed by atoms with Gasteiger partial charge in [-0.3, -0.25) is 0 Å². The molecule has 0 nitrogen and oxygen atoms in total. The second-order valence-electron chi connectivity index (χ2n) is 11.9. The maximum Gasteiger partial charge on any atom is 0.162 e. The zero-order valence-corrected chi connectivity index (χ0v) is 21.8. The molecule has 2 heteroatoms. The van der Waals surface area contributed by atoms with E-state index in [0.29, 0.717) is 17.0 Å². The molecule has 3 aliphatic rings. The molecule has 1 aromatic rings. The van der Waals surface area contributed by atoms with Crippen molar-refractivity contribution in [3.8, 4) is 0 Å². The van der Waals surface area contributed by atoms with Crippen molar-refractivity contribution in [3.05, 3.63) is 47.0 Å². The first-order valence-corrected chi connectivity index (χ1v) is 14.8. The van der Waals surface area contributed by atoms with Crippen LogP contribution in [-0.2, 0) is 0 Å². The van der Waals surface area contributed by atoms with E-state index >= 15 is 8.78 Å². The summed E-state index contributed by atoms with van der Waals surface area (Å²) >= 11 is 0. The Morgan fingerprint density at radius 1 is 0.647 bits per heavy atom. The van der Waals surface area contributed by atoms with Crippen LogP contribution in [0, 0.1) is 35.3 Å². The van der Waals surface area contributed by atoms with E-state index in [1.54, 1.807) is 0 Å². The standard InChI is InChI=1S/C32H48F2/c1-3-5-6-8-24-11-15-27(16-12-24)29-21-22-30(32(34)31(29)33)28-19-17-26(18-20-28)25-13-9-23(7-4-2)10-14-25/h11,15,21-28H,3-10,12-14,16-20H2,1-2H3. The summed E-state index contributed by atoms with van der Waals surface area (Å²) < 4.78 is 30.5. The van der Waals surface area contributed by atoms with Gasteiger partial charge in [-0.1, -0.05) is 83.1 Å². The number of rotatable bonds is 9. The van der Waals surface area contributed by atoms with Crippen molar-refractivity contribution in [2.75, 3.05) is 0 Å². The first kappa shape index (κ1) is 25.9. The Morgan fingerprint density at radius 2 is 1.29 bits per heavy atom. The van der Waals surface area contributed by atoms with Crippen molar-refractivity contribution >= 4 is 0 Å². The lowest BCUT2D eigenvalue weighted by atomic mass is 9.68. The Hall–Kier alpha value is -1.18. The quantitative estimate of drug-likeness (QED) is 0.249. The molecule has 0 bridgehead atoms. The highest BCUT2D eigenvalue weighted by molar-refractivity contribution is 5.34. The lowest BCUT2D eigenvalue weighted by Gasteiger charge is -2.38. The van der Waals surface area contributed by atoms with Crippen molar-refractivity contribution in [1.82, 2.24) is 0 Å². The molecule has 0 radical (unpaired) electrons. The highest BCUT2D eigenvalue weighted by atomic mass is 19.2. The Labute approximate surface area is 208 Å². The summed E-state index contributed by atoms with van der Waals surface area (Å²) in [4.78, 5) is 0. The molecule has 0 N–H and O–H groups in total. The molecule has 2 fully saturated rings. The normalized spacial score (nSPS) is 32.1. The Kier molecular flexibility index (Phi) is 9.66. The van der Waals surface area contributed by atoms with Crippen molar-refractivity contribution in [3.63, 3.8) is 0 Å². The zero-order chi connectivity index (χ0) is 23.9. The molecule has 0 heterocycles. The van der Waals surface area contributed by atoms with Gasteiger partial charge >= 0.3 is 0 Å². The fourth-order valence-electron chi connectivity index (χ4n) is 7.47. The molecule has 0 aromatic heterocycles. The van der Waals surface area contributed by atoms with E-state index in [1.807, 2.05) is 12.1 Å². The van der Waals surface area contributed by atoms with Gasteiger partial charge in [-0.05, 0) is 98.5 Å². The number of unbranched alkanes of at least 4 members (excludes halogenated alkanes) is 2. The Bertz CT molecular complexity index is 780. The Morgan fingerprint density at radius 3 is 1.91 bits per heavy atom. The monoisotopic (exact) mass is 470 g/mol. The van der Waals surface area contributed by atoms with Crippen LogP contribution < -0.4 is 0 Å². The van der Waals surface area contributed by atoms with Gasteiger partial charge in [-0.15, -0.1) is 0 Å². The van der Waals surface area contributed by atoms with E-state index in [-0.39, 0.29) is 11.8 Å². The minimum atomic E-state index is -0.576. The van der Waals surface area contributed by atoms with E-state index in [4.69, 9.17) is 0 Å². The van der Waals surface area contributed by atoms with Crippen LogP contribution in [0.5, 0.6) is 0 Å². The molecule has 2 atom stereocenters. The molecule has 34 heavy (non-hydrogen) atoms. The van der Waals surface area contributed by atoms with Crippen LogP contribution >= 0.6 is 0 Å². The molecule has 190 valence electrons. The third-order valence-corrected chi connectivity index (χ3v) is 9.65. The summed E-state index contributed by atoms with van der Waals surface area (Å²) in [5.41, 5.74) is 1.21. The van der Waals surface area contributed by atoms with Crippen LogP contribution in [0.1, 0.15) is 140 Å². The Balaban J connectivity index is 1.31. The molecule has 1 aromatic carbocycles. The summed E-state index contributed by atoms with van der Waals surface area (Å²) in [7, 11) is 0. The van der Waals surface area contributed by atoms with Crippen LogP contribution in [0.2, 0.25) is 0 Å². The maximum atomic E-state index is 15.3.